The van der Waals surface area contributed by atoms with Crippen molar-refractivity contribution in [3.63, 3.8) is 0 Å². The van der Waals surface area contributed by atoms with E-state index in [4.69, 9.17) is 13.9 Å². The zero-order chi connectivity index (χ0) is 15.8. The number of benzene rings is 2. The fraction of sp³-hybridized carbons (Fsp3) is 0.333. The summed E-state index contributed by atoms with van der Waals surface area (Å²) in [6.45, 7) is 7.42. The van der Waals surface area contributed by atoms with Gasteiger partial charge in [0.15, 0.2) is 8.32 Å². The molecular weight excluding hydrogens is 292 g/mol. The van der Waals surface area contributed by atoms with E-state index in [2.05, 4.69) is 19.6 Å². The molecule has 4 heteroatoms. The van der Waals surface area contributed by atoms with Gasteiger partial charge >= 0.3 is 0 Å². The molecule has 22 heavy (non-hydrogen) atoms. The lowest BCUT2D eigenvalue weighted by atomic mass is 10.2. The van der Waals surface area contributed by atoms with Gasteiger partial charge in [0.2, 0.25) is 6.29 Å². The Bertz CT molecular complexity index is 537. The first-order valence-electron chi connectivity index (χ1n) is 7.54. The molecule has 0 bridgehead atoms. The Balaban J connectivity index is 1.94. The van der Waals surface area contributed by atoms with Crippen LogP contribution in [0.25, 0.3) is 0 Å². The summed E-state index contributed by atoms with van der Waals surface area (Å²) in [5, 5.41) is 0. The van der Waals surface area contributed by atoms with E-state index in [1.54, 1.807) is 0 Å². The third-order valence-corrected chi connectivity index (χ3v) is 3.97. The Morgan fingerprint density at radius 3 is 2.05 bits per heavy atom. The van der Waals surface area contributed by atoms with E-state index in [1.165, 1.54) is 0 Å². The first kappa shape index (κ1) is 16.7. The van der Waals surface area contributed by atoms with Crippen LogP contribution in [0.1, 0.15) is 5.56 Å². The van der Waals surface area contributed by atoms with Crippen molar-refractivity contribution in [2.24, 2.45) is 0 Å². The van der Waals surface area contributed by atoms with Crippen LogP contribution in [0, 0.1) is 0 Å². The molecule has 0 spiro atoms. The van der Waals surface area contributed by atoms with Crippen molar-refractivity contribution in [2.45, 2.75) is 32.5 Å². The lowest BCUT2D eigenvalue weighted by Gasteiger charge is -2.24. The van der Waals surface area contributed by atoms with Gasteiger partial charge in [-0.2, -0.15) is 0 Å². The molecule has 0 radical (unpaired) electrons. The van der Waals surface area contributed by atoms with Crippen LogP contribution < -0.4 is 4.74 Å². The quantitative estimate of drug-likeness (QED) is 0.531. The molecule has 0 amide bonds. The second-order valence-electron chi connectivity index (χ2n) is 6.08. The fourth-order valence-corrected chi connectivity index (χ4v) is 2.48. The predicted molar refractivity (Wildman–Crippen MR) is 91.4 cm³/mol. The van der Waals surface area contributed by atoms with Gasteiger partial charge in [0.25, 0.3) is 0 Å². The van der Waals surface area contributed by atoms with Gasteiger partial charge in [0.05, 0.1) is 13.2 Å². The van der Waals surface area contributed by atoms with Gasteiger partial charge < -0.3 is 13.9 Å². The van der Waals surface area contributed by atoms with Crippen molar-refractivity contribution in [1.82, 2.24) is 0 Å². The second-order valence-corrected chi connectivity index (χ2v) is 10.6. The van der Waals surface area contributed by atoms with Crippen molar-refractivity contribution >= 4 is 8.32 Å². The van der Waals surface area contributed by atoms with E-state index in [0.29, 0.717) is 13.2 Å². The van der Waals surface area contributed by atoms with Gasteiger partial charge in [0, 0.05) is 0 Å². The first-order chi connectivity index (χ1) is 10.5. The number of hydrogen-bond donors (Lipinski definition) is 0. The highest BCUT2D eigenvalue weighted by Gasteiger charge is 2.19. The maximum absolute atomic E-state index is 5.94. The fourth-order valence-electron chi connectivity index (χ4n) is 1.85. The van der Waals surface area contributed by atoms with Gasteiger partial charge in [-0.3, -0.25) is 0 Å². The summed E-state index contributed by atoms with van der Waals surface area (Å²) < 4.78 is 17.8. The second kappa shape index (κ2) is 8.13. The molecule has 0 aromatic heterocycles. The third kappa shape index (κ3) is 6.43. The molecule has 2 aromatic rings. The van der Waals surface area contributed by atoms with Gasteiger partial charge in [-0.25, -0.2) is 0 Å². The molecule has 2 rings (SSSR count). The molecule has 1 atom stereocenters. The third-order valence-electron chi connectivity index (χ3n) is 2.94. The molecule has 0 N–H and O–H groups in total. The van der Waals surface area contributed by atoms with Crippen LogP contribution in [-0.2, 0) is 15.8 Å². The SMILES string of the molecule is C[Si](C)(C)OCC(OCc1ccccc1)Oc1ccccc1. The molecule has 1 unspecified atom stereocenters. The minimum Gasteiger partial charge on any atom is -0.462 e. The number of rotatable bonds is 8. The summed E-state index contributed by atoms with van der Waals surface area (Å²) >= 11 is 0. The van der Waals surface area contributed by atoms with Crippen LogP contribution in [0.2, 0.25) is 19.6 Å². The van der Waals surface area contributed by atoms with Crippen molar-refractivity contribution < 1.29 is 13.9 Å². The van der Waals surface area contributed by atoms with Gasteiger partial charge in [0.1, 0.15) is 5.75 Å². The van der Waals surface area contributed by atoms with Gasteiger partial charge in [-0.05, 0) is 37.3 Å². The first-order valence-corrected chi connectivity index (χ1v) is 10.9. The summed E-state index contributed by atoms with van der Waals surface area (Å²) in [5.41, 5.74) is 1.12. The lowest BCUT2D eigenvalue weighted by Crippen LogP contribution is -2.34. The van der Waals surface area contributed by atoms with E-state index in [9.17, 15) is 0 Å². The summed E-state index contributed by atoms with van der Waals surface area (Å²) in [4.78, 5) is 0. The molecule has 118 valence electrons. The molecule has 2 aromatic carbocycles. The summed E-state index contributed by atoms with van der Waals surface area (Å²) in [7, 11) is -1.61. The van der Waals surface area contributed by atoms with E-state index in [-0.39, 0.29) is 0 Å². The molecule has 0 aliphatic carbocycles. The van der Waals surface area contributed by atoms with Crippen molar-refractivity contribution in [2.75, 3.05) is 6.61 Å². The maximum atomic E-state index is 5.94. The normalized spacial score (nSPS) is 12.9. The monoisotopic (exact) mass is 316 g/mol. The highest BCUT2D eigenvalue weighted by atomic mass is 28.4. The van der Waals surface area contributed by atoms with Crippen molar-refractivity contribution in [3.8, 4) is 5.75 Å². The average Bonchev–Trinajstić information content (AvgIpc) is 2.51. The Morgan fingerprint density at radius 2 is 1.45 bits per heavy atom. The summed E-state index contributed by atoms with van der Waals surface area (Å²) in [6, 6.07) is 19.8. The van der Waals surface area contributed by atoms with E-state index < -0.39 is 14.6 Å². The van der Waals surface area contributed by atoms with Crippen molar-refractivity contribution in [1.29, 1.82) is 0 Å². The zero-order valence-corrected chi connectivity index (χ0v) is 14.5. The topological polar surface area (TPSA) is 27.7 Å². The Kier molecular flexibility index (Phi) is 6.18. The van der Waals surface area contributed by atoms with Crippen LogP contribution >= 0.6 is 0 Å². The highest BCUT2D eigenvalue weighted by Crippen LogP contribution is 2.15. The standard InChI is InChI=1S/C18H24O3Si/c1-22(2,3)20-15-18(21-17-12-8-5-9-13-17)19-14-16-10-6-4-7-11-16/h4-13,18H,14-15H2,1-3H3. The van der Waals surface area contributed by atoms with Crippen LogP contribution in [-0.4, -0.2) is 21.2 Å². The van der Waals surface area contributed by atoms with Crippen LogP contribution in [0.3, 0.4) is 0 Å². The van der Waals surface area contributed by atoms with Crippen LogP contribution in [0.5, 0.6) is 5.75 Å². The van der Waals surface area contributed by atoms with E-state index in [1.807, 2.05) is 60.7 Å². The minimum absolute atomic E-state index is 0.408. The van der Waals surface area contributed by atoms with Gasteiger partial charge in [-0.1, -0.05) is 48.5 Å². The number of para-hydroxylation sites is 1. The summed E-state index contributed by atoms with van der Waals surface area (Å²) in [6.07, 6.45) is -0.408. The molecule has 0 aliphatic heterocycles. The Hall–Kier alpha value is -1.62. The Morgan fingerprint density at radius 1 is 0.864 bits per heavy atom. The molecule has 0 heterocycles. The van der Waals surface area contributed by atoms with Crippen LogP contribution in [0.4, 0.5) is 0 Å². The van der Waals surface area contributed by atoms with E-state index in [0.717, 1.165) is 11.3 Å². The largest absolute Gasteiger partial charge is 0.462 e. The number of ether oxygens (including phenoxy) is 2. The lowest BCUT2D eigenvalue weighted by molar-refractivity contribution is -0.111. The van der Waals surface area contributed by atoms with Gasteiger partial charge in [-0.15, -0.1) is 0 Å². The average molecular weight is 316 g/mol. The zero-order valence-electron chi connectivity index (χ0n) is 13.5. The Labute approximate surface area is 134 Å². The van der Waals surface area contributed by atoms with Crippen molar-refractivity contribution in [3.05, 3.63) is 66.2 Å². The smallest absolute Gasteiger partial charge is 0.222 e. The molecule has 0 saturated heterocycles. The molecule has 0 aliphatic rings. The highest BCUT2D eigenvalue weighted by molar-refractivity contribution is 6.69. The molecule has 3 nitrogen and oxygen atoms in total. The molecular formula is C18H24O3Si. The summed E-state index contributed by atoms with van der Waals surface area (Å²) in [5.74, 6) is 0.791. The van der Waals surface area contributed by atoms with Crippen LogP contribution in [0.15, 0.2) is 60.7 Å². The predicted octanol–water partition coefficient (Wildman–Crippen LogP) is 4.46. The maximum Gasteiger partial charge on any atom is 0.222 e. The number of hydrogen-bond acceptors (Lipinski definition) is 3. The van der Waals surface area contributed by atoms with E-state index >= 15 is 0 Å². The molecule has 0 saturated carbocycles. The molecule has 0 fully saturated rings. The minimum atomic E-state index is -1.61.